The zero-order valence-corrected chi connectivity index (χ0v) is 13.4. The molecular weight excluding hydrogens is 312 g/mol. The number of rotatable bonds is 4. The van der Waals surface area contributed by atoms with Crippen molar-refractivity contribution in [1.82, 2.24) is 0 Å². The minimum atomic E-state index is -3.55. The van der Waals surface area contributed by atoms with Crippen molar-refractivity contribution in [2.45, 2.75) is 17.4 Å². The lowest BCUT2D eigenvalue weighted by Crippen LogP contribution is -2.30. The quantitative estimate of drug-likeness (QED) is 0.866. The molecule has 2 aromatic rings. The fourth-order valence-corrected chi connectivity index (χ4v) is 3.81. The molecule has 0 fully saturated rings. The van der Waals surface area contributed by atoms with Crippen LogP contribution in [-0.2, 0) is 25.0 Å². The van der Waals surface area contributed by atoms with Crippen molar-refractivity contribution in [3.63, 3.8) is 0 Å². The molecule has 1 atom stereocenters. The van der Waals surface area contributed by atoms with Gasteiger partial charge in [0.05, 0.1) is 4.90 Å². The maximum atomic E-state index is 12.4. The van der Waals surface area contributed by atoms with E-state index in [1.165, 1.54) is 18.2 Å². The third-order valence-electron chi connectivity index (χ3n) is 3.86. The predicted molar refractivity (Wildman–Crippen MR) is 86.5 cm³/mol. The lowest BCUT2D eigenvalue weighted by Gasteiger charge is -2.24. The number of sulfone groups is 1. The van der Waals surface area contributed by atoms with Crippen LogP contribution in [0, 0.1) is 0 Å². The molecule has 0 bridgehead atoms. The summed E-state index contributed by atoms with van der Waals surface area (Å²) < 4.78 is 30.6. The zero-order valence-electron chi connectivity index (χ0n) is 12.6. The van der Waals surface area contributed by atoms with Crippen LogP contribution in [0.2, 0.25) is 0 Å². The first kappa shape index (κ1) is 15.5. The molecule has 1 unspecified atom stereocenters. The Morgan fingerprint density at radius 2 is 1.52 bits per heavy atom. The van der Waals surface area contributed by atoms with Crippen molar-refractivity contribution >= 4 is 15.6 Å². The van der Waals surface area contributed by atoms with Gasteiger partial charge in [-0.25, -0.2) is 8.42 Å². The summed E-state index contributed by atoms with van der Waals surface area (Å²) in [5, 5.41) is 0. The van der Waals surface area contributed by atoms with Crippen molar-refractivity contribution in [2.75, 3.05) is 5.75 Å². The average Bonchev–Trinajstić information content (AvgIpc) is 2.83. The molecular formula is C18H16O4S. The van der Waals surface area contributed by atoms with E-state index in [1.54, 1.807) is 37.3 Å². The summed E-state index contributed by atoms with van der Waals surface area (Å²) in [5.74, 6) is -0.405. The minimum absolute atomic E-state index is 0.171. The molecule has 0 aliphatic carbocycles. The molecule has 0 amide bonds. The average molecular weight is 328 g/mol. The van der Waals surface area contributed by atoms with E-state index in [1.807, 2.05) is 18.2 Å². The van der Waals surface area contributed by atoms with Crippen molar-refractivity contribution in [3.05, 3.63) is 78.1 Å². The van der Waals surface area contributed by atoms with Crippen molar-refractivity contribution in [3.8, 4) is 0 Å². The molecule has 0 saturated heterocycles. The molecule has 1 heterocycles. The van der Waals surface area contributed by atoms with Gasteiger partial charge < -0.3 is 4.74 Å². The first-order valence-electron chi connectivity index (χ1n) is 7.19. The van der Waals surface area contributed by atoms with Crippen LogP contribution in [-0.4, -0.2) is 20.0 Å². The van der Waals surface area contributed by atoms with Crippen LogP contribution in [0.5, 0.6) is 0 Å². The fourth-order valence-electron chi connectivity index (χ4n) is 2.55. The summed E-state index contributed by atoms with van der Waals surface area (Å²) in [6.45, 7) is 1.66. The molecule has 0 aromatic heterocycles. The normalized spacial score (nSPS) is 20.9. The van der Waals surface area contributed by atoms with Gasteiger partial charge in [-0.3, -0.25) is 4.79 Å². The van der Waals surface area contributed by atoms with Gasteiger partial charge in [-0.05, 0) is 19.1 Å². The summed E-state index contributed by atoms with van der Waals surface area (Å²) >= 11 is 0. The second-order valence-corrected chi connectivity index (χ2v) is 7.54. The highest BCUT2D eigenvalue weighted by molar-refractivity contribution is 7.91. The second-order valence-electron chi connectivity index (χ2n) is 5.55. The first-order chi connectivity index (χ1) is 10.9. The third-order valence-corrected chi connectivity index (χ3v) is 5.51. The van der Waals surface area contributed by atoms with Gasteiger partial charge in [0, 0.05) is 11.6 Å². The monoisotopic (exact) mass is 328 g/mol. The van der Waals surface area contributed by atoms with Crippen molar-refractivity contribution in [1.29, 1.82) is 0 Å². The lowest BCUT2D eigenvalue weighted by molar-refractivity contribution is -0.129. The van der Waals surface area contributed by atoms with Gasteiger partial charge in [-0.2, -0.15) is 0 Å². The minimum Gasteiger partial charge on any atom is -0.478 e. The van der Waals surface area contributed by atoms with Crippen LogP contribution >= 0.6 is 0 Å². The van der Waals surface area contributed by atoms with Crippen molar-refractivity contribution in [2.24, 2.45) is 0 Å². The van der Waals surface area contributed by atoms with Crippen LogP contribution in [0.15, 0.2) is 77.4 Å². The SMILES string of the molecule is CC1(c2ccccc2)OC(CS(=O)(=O)c2ccccc2)=CC1=O. The van der Waals surface area contributed by atoms with E-state index in [2.05, 4.69) is 0 Å². The van der Waals surface area contributed by atoms with E-state index in [9.17, 15) is 13.2 Å². The van der Waals surface area contributed by atoms with Gasteiger partial charge in [0.15, 0.2) is 15.4 Å². The Morgan fingerprint density at radius 1 is 0.957 bits per heavy atom. The molecule has 4 nitrogen and oxygen atoms in total. The maximum Gasteiger partial charge on any atom is 0.206 e. The predicted octanol–water partition coefficient (Wildman–Crippen LogP) is 2.86. The molecule has 0 spiro atoms. The van der Waals surface area contributed by atoms with Crippen LogP contribution in [0.3, 0.4) is 0 Å². The van der Waals surface area contributed by atoms with Gasteiger partial charge in [0.1, 0.15) is 11.5 Å². The summed E-state index contributed by atoms with van der Waals surface area (Å²) in [5.41, 5.74) is -0.462. The highest BCUT2D eigenvalue weighted by atomic mass is 32.2. The smallest absolute Gasteiger partial charge is 0.206 e. The molecule has 0 saturated carbocycles. The Morgan fingerprint density at radius 3 is 2.13 bits per heavy atom. The molecule has 1 aliphatic rings. The Labute approximate surface area is 135 Å². The highest BCUT2D eigenvalue weighted by Gasteiger charge is 2.42. The Hall–Kier alpha value is -2.40. The summed E-state index contributed by atoms with van der Waals surface area (Å²) in [6, 6.07) is 17.2. The van der Waals surface area contributed by atoms with Crippen molar-refractivity contribution < 1.29 is 17.9 Å². The summed E-state index contributed by atoms with van der Waals surface area (Å²) in [7, 11) is -3.55. The number of ketones is 1. The Bertz CT molecular complexity index is 854. The lowest BCUT2D eigenvalue weighted by atomic mass is 9.92. The van der Waals surface area contributed by atoms with E-state index < -0.39 is 15.4 Å². The van der Waals surface area contributed by atoms with E-state index in [0.717, 1.165) is 0 Å². The summed E-state index contributed by atoms with van der Waals surface area (Å²) in [4.78, 5) is 12.5. The highest BCUT2D eigenvalue weighted by Crippen LogP contribution is 2.35. The van der Waals surface area contributed by atoms with Crippen LogP contribution in [0.1, 0.15) is 12.5 Å². The molecule has 0 N–H and O–H groups in total. The number of ether oxygens (including phenoxy) is 1. The molecule has 23 heavy (non-hydrogen) atoms. The maximum absolute atomic E-state index is 12.4. The van der Waals surface area contributed by atoms with E-state index in [-0.39, 0.29) is 22.2 Å². The Balaban J connectivity index is 1.85. The number of hydrogen-bond acceptors (Lipinski definition) is 4. The standard InChI is InChI=1S/C18H16O4S/c1-18(14-8-4-2-5-9-14)17(19)12-15(22-18)13-23(20,21)16-10-6-3-7-11-16/h2-12H,13H2,1H3. The van der Waals surface area contributed by atoms with Gasteiger partial charge >= 0.3 is 0 Å². The van der Waals surface area contributed by atoms with Crippen LogP contribution in [0.4, 0.5) is 0 Å². The molecule has 1 aliphatic heterocycles. The van der Waals surface area contributed by atoms with Gasteiger partial charge in [0.25, 0.3) is 0 Å². The molecule has 2 aromatic carbocycles. The molecule has 3 rings (SSSR count). The molecule has 5 heteroatoms. The number of hydrogen-bond donors (Lipinski definition) is 0. The first-order valence-corrected chi connectivity index (χ1v) is 8.84. The van der Waals surface area contributed by atoms with E-state index >= 15 is 0 Å². The largest absolute Gasteiger partial charge is 0.478 e. The zero-order chi connectivity index (χ0) is 16.5. The Kier molecular flexibility index (Phi) is 3.82. The van der Waals surface area contributed by atoms with Crippen LogP contribution in [0.25, 0.3) is 0 Å². The van der Waals surface area contributed by atoms with E-state index in [4.69, 9.17) is 4.74 Å². The molecule has 0 radical (unpaired) electrons. The number of carbonyl (C=O) groups is 1. The molecule has 118 valence electrons. The topological polar surface area (TPSA) is 60.4 Å². The number of benzene rings is 2. The third kappa shape index (κ3) is 2.92. The fraction of sp³-hybridized carbons (Fsp3) is 0.167. The number of carbonyl (C=O) groups excluding carboxylic acids is 1. The van der Waals surface area contributed by atoms with Gasteiger partial charge in [-0.15, -0.1) is 0 Å². The van der Waals surface area contributed by atoms with Gasteiger partial charge in [-0.1, -0.05) is 48.5 Å². The van der Waals surface area contributed by atoms with E-state index in [0.29, 0.717) is 5.56 Å². The van der Waals surface area contributed by atoms with Crippen LogP contribution < -0.4 is 0 Å². The second kappa shape index (κ2) is 5.66. The van der Waals surface area contributed by atoms with Gasteiger partial charge in [0.2, 0.25) is 5.78 Å². The summed E-state index contributed by atoms with van der Waals surface area (Å²) in [6.07, 6.45) is 1.29.